The first-order valence-corrected chi connectivity index (χ1v) is 13.1. The summed E-state index contributed by atoms with van der Waals surface area (Å²) in [6.07, 6.45) is 18.0. The van der Waals surface area contributed by atoms with Gasteiger partial charge in [-0.2, -0.15) is 0 Å². The number of halogens is 2. The number of unbranched alkanes of at least 4 members (excludes halogenated alkanes) is 2. The average molecular weight is 417 g/mol. The maximum atomic E-state index is 15.2. The number of benzene rings is 1. The molecule has 0 aromatic heterocycles. The van der Waals surface area contributed by atoms with Gasteiger partial charge in [0.25, 0.3) is 0 Å². The molecule has 168 valence electrons. The molecular weight excluding hydrogens is 374 g/mol. The van der Waals surface area contributed by atoms with Crippen LogP contribution in [0.15, 0.2) is 6.07 Å². The lowest BCUT2D eigenvalue weighted by molar-refractivity contribution is 0.112. The van der Waals surface area contributed by atoms with Gasteiger partial charge in [0, 0.05) is 0 Å². The third-order valence-electron chi connectivity index (χ3n) is 8.82. The van der Waals surface area contributed by atoms with E-state index in [9.17, 15) is 0 Å². The van der Waals surface area contributed by atoms with Crippen molar-refractivity contribution in [3.05, 3.63) is 34.4 Å². The van der Waals surface area contributed by atoms with E-state index in [0.29, 0.717) is 17.0 Å². The minimum absolute atomic E-state index is 0.232. The molecule has 0 heterocycles. The minimum atomic E-state index is -0.511. The first kappa shape index (κ1) is 22.3. The molecule has 5 atom stereocenters. The number of rotatable bonds is 7. The molecule has 0 aliphatic heterocycles. The molecule has 0 nitrogen and oxygen atoms in total. The van der Waals surface area contributed by atoms with Gasteiger partial charge < -0.3 is 0 Å². The van der Waals surface area contributed by atoms with Crippen molar-refractivity contribution < 1.29 is 8.78 Å². The first-order chi connectivity index (χ1) is 14.6. The molecule has 1 aromatic carbocycles. The van der Waals surface area contributed by atoms with Gasteiger partial charge in [-0.3, -0.25) is 0 Å². The molecule has 3 aliphatic carbocycles. The van der Waals surface area contributed by atoms with Gasteiger partial charge in [-0.1, -0.05) is 64.9 Å². The third-order valence-corrected chi connectivity index (χ3v) is 8.82. The SMILES string of the molecule is CCCCCC1CCC2CC(c3cc4c(c(F)c3F)CC(CCC)CC4)CCC2C1. The van der Waals surface area contributed by atoms with Gasteiger partial charge in [0.05, 0.1) is 0 Å². The van der Waals surface area contributed by atoms with Gasteiger partial charge in [0.1, 0.15) is 0 Å². The van der Waals surface area contributed by atoms with Crippen molar-refractivity contribution in [2.24, 2.45) is 23.7 Å². The Bertz CT molecular complexity index is 709. The lowest BCUT2D eigenvalue weighted by atomic mass is 9.63. The number of aryl methyl sites for hydroxylation is 1. The van der Waals surface area contributed by atoms with E-state index in [-0.39, 0.29) is 5.92 Å². The molecule has 0 spiro atoms. The highest BCUT2D eigenvalue weighted by Crippen LogP contribution is 2.49. The lowest BCUT2D eigenvalue weighted by Crippen LogP contribution is -2.31. The van der Waals surface area contributed by atoms with Crippen LogP contribution in [-0.4, -0.2) is 0 Å². The van der Waals surface area contributed by atoms with Crippen LogP contribution in [0.1, 0.15) is 120 Å². The summed E-state index contributed by atoms with van der Waals surface area (Å²) in [5.41, 5.74) is 2.52. The Labute approximate surface area is 183 Å². The Morgan fingerprint density at radius 1 is 0.800 bits per heavy atom. The topological polar surface area (TPSA) is 0 Å². The van der Waals surface area contributed by atoms with Crippen LogP contribution in [0, 0.1) is 35.3 Å². The summed E-state index contributed by atoms with van der Waals surface area (Å²) in [5.74, 6) is 2.23. The van der Waals surface area contributed by atoms with Crippen LogP contribution in [-0.2, 0) is 12.8 Å². The van der Waals surface area contributed by atoms with Crippen molar-refractivity contribution in [3.63, 3.8) is 0 Å². The Hall–Kier alpha value is -0.920. The van der Waals surface area contributed by atoms with E-state index in [2.05, 4.69) is 19.9 Å². The highest BCUT2D eigenvalue weighted by molar-refractivity contribution is 5.38. The Kier molecular flexibility index (Phi) is 7.53. The summed E-state index contributed by atoms with van der Waals surface area (Å²) in [5, 5.41) is 0. The summed E-state index contributed by atoms with van der Waals surface area (Å²) in [7, 11) is 0. The minimum Gasteiger partial charge on any atom is -0.203 e. The van der Waals surface area contributed by atoms with Crippen LogP contribution in [0.25, 0.3) is 0 Å². The number of hydrogen-bond donors (Lipinski definition) is 0. The molecule has 3 aliphatic rings. The maximum Gasteiger partial charge on any atom is 0.162 e. The Balaban J connectivity index is 1.42. The van der Waals surface area contributed by atoms with Crippen molar-refractivity contribution in [1.29, 1.82) is 0 Å². The van der Waals surface area contributed by atoms with Crippen molar-refractivity contribution in [2.45, 2.75) is 116 Å². The van der Waals surface area contributed by atoms with Crippen LogP contribution >= 0.6 is 0 Å². The van der Waals surface area contributed by atoms with E-state index in [1.807, 2.05) is 0 Å². The van der Waals surface area contributed by atoms with E-state index >= 15 is 8.78 Å². The summed E-state index contributed by atoms with van der Waals surface area (Å²) in [6.45, 7) is 4.47. The van der Waals surface area contributed by atoms with E-state index in [1.165, 1.54) is 51.4 Å². The zero-order valence-electron chi connectivity index (χ0n) is 19.3. The molecule has 2 saturated carbocycles. The fourth-order valence-electron chi connectivity index (χ4n) is 7.10. The van der Waals surface area contributed by atoms with Crippen molar-refractivity contribution in [1.82, 2.24) is 0 Å². The predicted molar refractivity (Wildman–Crippen MR) is 122 cm³/mol. The fourth-order valence-corrected chi connectivity index (χ4v) is 7.10. The summed E-state index contributed by atoms with van der Waals surface area (Å²) in [4.78, 5) is 0. The Morgan fingerprint density at radius 3 is 2.40 bits per heavy atom. The van der Waals surface area contributed by atoms with Gasteiger partial charge in [-0.25, -0.2) is 8.78 Å². The molecule has 0 N–H and O–H groups in total. The van der Waals surface area contributed by atoms with Crippen molar-refractivity contribution >= 4 is 0 Å². The van der Waals surface area contributed by atoms with Gasteiger partial charge in [0.15, 0.2) is 11.6 Å². The van der Waals surface area contributed by atoms with Gasteiger partial charge in [-0.05, 0) is 97.6 Å². The van der Waals surface area contributed by atoms with E-state index < -0.39 is 11.6 Å². The zero-order valence-corrected chi connectivity index (χ0v) is 19.3. The molecule has 0 amide bonds. The monoisotopic (exact) mass is 416 g/mol. The van der Waals surface area contributed by atoms with E-state index in [0.717, 1.165) is 68.3 Å². The second-order valence-corrected chi connectivity index (χ2v) is 10.8. The second-order valence-electron chi connectivity index (χ2n) is 10.8. The zero-order chi connectivity index (χ0) is 21.1. The molecule has 4 rings (SSSR count). The summed E-state index contributed by atoms with van der Waals surface area (Å²) >= 11 is 0. The van der Waals surface area contributed by atoms with Gasteiger partial charge >= 0.3 is 0 Å². The molecular formula is C28H42F2. The lowest BCUT2D eigenvalue weighted by Gasteiger charge is -2.42. The van der Waals surface area contributed by atoms with Crippen molar-refractivity contribution in [3.8, 4) is 0 Å². The van der Waals surface area contributed by atoms with Crippen LogP contribution < -0.4 is 0 Å². The highest BCUT2D eigenvalue weighted by Gasteiger charge is 2.37. The normalized spacial score (nSPS) is 31.3. The molecule has 0 radical (unpaired) electrons. The quantitative estimate of drug-likeness (QED) is 0.390. The average Bonchev–Trinajstić information content (AvgIpc) is 2.76. The van der Waals surface area contributed by atoms with Crippen LogP contribution in [0.5, 0.6) is 0 Å². The maximum absolute atomic E-state index is 15.2. The first-order valence-electron chi connectivity index (χ1n) is 13.1. The molecule has 2 heteroatoms. The van der Waals surface area contributed by atoms with Crippen LogP contribution in [0.3, 0.4) is 0 Å². The number of fused-ring (bicyclic) bond motifs is 2. The predicted octanol–water partition coefficient (Wildman–Crippen LogP) is 8.75. The van der Waals surface area contributed by atoms with Gasteiger partial charge in [0.2, 0.25) is 0 Å². The van der Waals surface area contributed by atoms with Crippen molar-refractivity contribution in [2.75, 3.05) is 0 Å². The third kappa shape index (κ3) is 4.78. The number of hydrogen-bond acceptors (Lipinski definition) is 0. The molecule has 0 saturated heterocycles. The molecule has 1 aromatic rings. The highest BCUT2D eigenvalue weighted by atomic mass is 19.2. The molecule has 30 heavy (non-hydrogen) atoms. The van der Waals surface area contributed by atoms with E-state index in [1.54, 1.807) is 0 Å². The second kappa shape index (κ2) is 10.1. The molecule has 2 fully saturated rings. The van der Waals surface area contributed by atoms with Gasteiger partial charge in [-0.15, -0.1) is 0 Å². The standard InChI is InChI=1S/C28H42F2/c1-3-5-6-8-20-9-11-22-17-23(14-13-21(22)15-20)26-18-24-12-10-19(7-4-2)16-25(24)27(29)28(26)30/h18-23H,3-17H2,1-2H3. The fraction of sp³-hybridized carbons (Fsp3) is 0.786. The smallest absolute Gasteiger partial charge is 0.162 e. The summed E-state index contributed by atoms with van der Waals surface area (Å²) in [6, 6.07) is 2.08. The molecule has 5 unspecified atom stereocenters. The Morgan fingerprint density at radius 2 is 1.60 bits per heavy atom. The van der Waals surface area contributed by atoms with Crippen LogP contribution in [0.2, 0.25) is 0 Å². The van der Waals surface area contributed by atoms with Crippen LogP contribution in [0.4, 0.5) is 8.78 Å². The summed E-state index contributed by atoms with van der Waals surface area (Å²) < 4.78 is 30.2. The van der Waals surface area contributed by atoms with E-state index in [4.69, 9.17) is 0 Å². The molecule has 0 bridgehead atoms. The largest absolute Gasteiger partial charge is 0.203 e.